The number of thiazole rings is 1. The van der Waals surface area contributed by atoms with E-state index in [1.54, 1.807) is 6.20 Å². The second kappa shape index (κ2) is 7.05. The third-order valence-electron chi connectivity index (χ3n) is 4.13. The number of carbonyl (C=O) groups excluding carboxylic acids is 1. The van der Waals surface area contributed by atoms with Crippen molar-refractivity contribution in [2.24, 2.45) is 0 Å². The van der Waals surface area contributed by atoms with E-state index in [-0.39, 0.29) is 5.91 Å². The fraction of sp³-hybridized carbons (Fsp3) is 0.222. The zero-order chi connectivity index (χ0) is 18.1. The summed E-state index contributed by atoms with van der Waals surface area (Å²) in [6, 6.07) is 8.33. The molecule has 0 bridgehead atoms. The van der Waals surface area contributed by atoms with Crippen LogP contribution in [0.15, 0.2) is 41.0 Å². The zero-order valence-electron chi connectivity index (χ0n) is 14.4. The molecular formula is C18H17N5OS2. The second-order valence-corrected chi connectivity index (χ2v) is 7.92. The monoisotopic (exact) mass is 383 g/mol. The predicted molar refractivity (Wildman–Crippen MR) is 106 cm³/mol. The first-order chi connectivity index (χ1) is 12.6. The van der Waals surface area contributed by atoms with E-state index in [2.05, 4.69) is 56.9 Å². The Hall–Kier alpha value is -2.45. The van der Waals surface area contributed by atoms with Gasteiger partial charge < -0.3 is 5.32 Å². The summed E-state index contributed by atoms with van der Waals surface area (Å²) in [7, 11) is 0. The Kier molecular flexibility index (Phi) is 4.60. The Morgan fingerprint density at radius 2 is 2.15 bits per heavy atom. The molecule has 0 aliphatic rings. The molecule has 1 N–H and O–H groups in total. The summed E-state index contributed by atoms with van der Waals surface area (Å²) < 4.78 is 2.08. The molecule has 0 radical (unpaired) electrons. The minimum absolute atomic E-state index is 0.0434. The van der Waals surface area contributed by atoms with Gasteiger partial charge >= 0.3 is 0 Å². The lowest BCUT2D eigenvalue weighted by molar-refractivity contribution is -0.115. The Bertz CT molecular complexity index is 1090. The fourth-order valence-electron chi connectivity index (χ4n) is 2.93. The highest BCUT2D eigenvalue weighted by Crippen LogP contribution is 2.28. The van der Waals surface area contributed by atoms with E-state index in [1.165, 1.54) is 39.6 Å². The van der Waals surface area contributed by atoms with E-state index >= 15 is 0 Å². The molecule has 8 heteroatoms. The van der Waals surface area contributed by atoms with Gasteiger partial charge in [0, 0.05) is 29.1 Å². The van der Waals surface area contributed by atoms with Gasteiger partial charge in [-0.15, -0.1) is 21.5 Å². The molecule has 4 aromatic rings. The van der Waals surface area contributed by atoms with Gasteiger partial charge in [-0.2, -0.15) is 0 Å². The summed E-state index contributed by atoms with van der Waals surface area (Å²) in [4.78, 5) is 16.1. The van der Waals surface area contributed by atoms with Gasteiger partial charge in [-0.25, -0.2) is 4.98 Å². The van der Waals surface area contributed by atoms with Crippen LogP contribution in [0.3, 0.4) is 0 Å². The number of anilines is 1. The zero-order valence-corrected chi connectivity index (χ0v) is 16.0. The van der Waals surface area contributed by atoms with Gasteiger partial charge in [0.1, 0.15) is 0 Å². The highest BCUT2D eigenvalue weighted by molar-refractivity contribution is 7.99. The van der Waals surface area contributed by atoms with Crippen LogP contribution in [0.5, 0.6) is 0 Å². The van der Waals surface area contributed by atoms with Crippen LogP contribution in [-0.2, 0) is 4.79 Å². The number of aromatic nitrogens is 4. The average molecular weight is 384 g/mol. The number of rotatable bonds is 5. The number of thioether (sulfide) groups is 1. The van der Waals surface area contributed by atoms with Crippen LogP contribution in [0.4, 0.5) is 5.13 Å². The van der Waals surface area contributed by atoms with Crippen LogP contribution in [-0.4, -0.2) is 31.2 Å². The molecule has 0 aliphatic heterocycles. The number of nitrogens with zero attached hydrogens (tertiary/aromatic N) is 4. The van der Waals surface area contributed by atoms with Crippen LogP contribution in [0.25, 0.3) is 16.6 Å². The van der Waals surface area contributed by atoms with E-state index < -0.39 is 0 Å². The number of nitrogens with one attached hydrogen (secondary N) is 1. The van der Waals surface area contributed by atoms with E-state index in [0.29, 0.717) is 17.3 Å². The summed E-state index contributed by atoms with van der Waals surface area (Å²) in [6.45, 7) is 4.18. The van der Waals surface area contributed by atoms with Gasteiger partial charge in [0.2, 0.25) is 5.91 Å². The number of aryl methyl sites for hydroxylation is 2. The predicted octanol–water partition coefficient (Wildman–Crippen LogP) is 4.08. The second-order valence-electron chi connectivity index (χ2n) is 5.96. The fourth-order valence-corrected chi connectivity index (χ4v) is 4.35. The third-order valence-corrected chi connectivity index (χ3v) is 5.75. The molecule has 6 nitrogen and oxygen atoms in total. The molecule has 0 saturated heterocycles. The van der Waals surface area contributed by atoms with Crippen molar-refractivity contribution >= 4 is 50.7 Å². The van der Waals surface area contributed by atoms with Gasteiger partial charge in [0.15, 0.2) is 15.9 Å². The number of para-hydroxylation sites is 1. The smallest absolute Gasteiger partial charge is 0.226 e. The van der Waals surface area contributed by atoms with Crippen molar-refractivity contribution in [1.82, 2.24) is 19.6 Å². The summed E-state index contributed by atoms with van der Waals surface area (Å²) >= 11 is 2.95. The highest BCUT2D eigenvalue weighted by Gasteiger charge is 2.13. The van der Waals surface area contributed by atoms with Gasteiger partial charge in [0.25, 0.3) is 0 Å². The lowest BCUT2D eigenvalue weighted by Crippen LogP contribution is -2.12. The first-order valence-corrected chi connectivity index (χ1v) is 10.1. The molecule has 0 fully saturated rings. The van der Waals surface area contributed by atoms with E-state index in [1.807, 2.05) is 11.4 Å². The van der Waals surface area contributed by atoms with Crippen molar-refractivity contribution in [2.75, 3.05) is 11.1 Å². The Labute approximate surface area is 158 Å². The molecular weight excluding hydrogens is 366 g/mol. The first-order valence-electron chi connectivity index (χ1n) is 8.19. The number of carbonyl (C=O) groups is 1. The molecule has 3 heterocycles. The summed E-state index contributed by atoms with van der Waals surface area (Å²) in [5.41, 5.74) is 4.32. The van der Waals surface area contributed by atoms with E-state index in [4.69, 9.17) is 0 Å². The third kappa shape index (κ3) is 3.17. The molecule has 4 rings (SSSR count). The standard InChI is InChI=1S/C18H17N5OS2/c1-11-4-3-5-13-12(2)10-14-21-22-18(23(14)16(11)13)26-8-6-15(24)20-17-19-7-9-25-17/h3-5,7,9-10H,6,8H2,1-2H3,(H,19,20,24). The minimum Gasteiger partial charge on any atom is -0.302 e. The Morgan fingerprint density at radius 1 is 1.27 bits per heavy atom. The van der Waals surface area contributed by atoms with Crippen molar-refractivity contribution in [3.63, 3.8) is 0 Å². The van der Waals surface area contributed by atoms with Crippen LogP contribution >= 0.6 is 23.1 Å². The molecule has 0 unspecified atom stereocenters. The normalized spacial score (nSPS) is 11.3. The highest BCUT2D eigenvalue weighted by atomic mass is 32.2. The average Bonchev–Trinajstić information content (AvgIpc) is 3.25. The quantitative estimate of drug-likeness (QED) is 0.526. The number of amides is 1. The number of benzene rings is 1. The number of hydrogen-bond donors (Lipinski definition) is 1. The van der Waals surface area contributed by atoms with Crippen LogP contribution < -0.4 is 5.32 Å². The lowest BCUT2D eigenvalue weighted by atomic mass is 10.1. The molecule has 1 amide bonds. The topological polar surface area (TPSA) is 72.2 Å². The number of pyridine rings is 1. The van der Waals surface area contributed by atoms with E-state index in [0.717, 1.165) is 16.3 Å². The van der Waals surface area contributed by atoms with E-state index in [9.17, 15) is 4.79 Å². The van der Waals surface area contributed by atoms with Gasteiger partial charge in [-0.05, 0) is 31.0 Å². The summed E-state index contributed by atoms with van der Waals surface area (Å²) in [5.74, 6) is 0.581. The van der Waals surface area contributed by atoms with Gasteiger partial charge in [-0.1, -0.05) is 30.0 Å². The summed E-state index contributed by atoms with van der Waals surface area (Å²) in [5, 5.41) is 15.9. The van der Waals surface area contributed by atoms with Crippen LogP contribution in [0.2, 0.25) is 0 Å². The van der Waals surface area contributed by atoms with Crippen LogP contribution in [0, 0.1) is 13.8 Å². The van der Waals surface area contributed by atoms with Gasteiger partial charge in [-0.3, -0.25) is 9.20 Å². The summed E-state index contributed by atoms with van der Waals surface area (Å²) in [6.07, 6.45) is 2.06. The molecule has 1 aromatic carbocycles. The van der Waals surface area contributed by atoms with Crippen molar-refractivity contribution in [3.05, 3.63) is 47.0 Å². The maximum atomic E-state index is 12.0. The molecule has 3 aromatic heterocycles. The maximum absolute atomic E-state index is 12.0. The number of fused-ring (bicyclic) bond motifs is 3. The molecule has 0 aliphatic carbocycles. The number of hydrogen-bond acceptors (Lipinski definition) is 6. The minimum atomic E-state index is -0.0434. The molecule has 132 valence electrons. The molecule has 0 atom stereocenters. The lowest BCUT2D eigenvalue weighted by Gasteiger charge is -2.09. The molecule has 26 heavy (non-hydrogen) atoms. The largest absolute Gasteiger partial charge is 0.302 e. The maximum Gasteiger partial charge on any atom is 0.226 e. The Morgan fingerprint density at radius 3 is 2.96 bits per heavy atom. The molecule has 0 saturated carbocycles. The van der Waals surface area contributed by atoms with Crippen molar-refractivity contribution in [3.8, 4) is 0 Å². The SMILES string of the molecule is Cc1cc2nnc(SCCC(=O)Nc3nccs3)n2c2c(C)cccc12. The van der Waals surface area contributed by atoms with Crippen molar-refractivity contribution < 1.29 is 4.79 Å². The van der Waals surface area contributed by atoms with Gasteiger partial charge in [0.05, 0.1) is 5.52 Å². The van der Waals surface area contributed by atoms with Crippen molar-refractivity contribution in [1.29, 1.82) is 0 Å². The van der Waals surface area contributed by atoms with Crippen molar-refractivity contribution in [2.45, 2.75) is 25.4 Å². The first kappa shape index (κ1) is 17.0. The Balaban J connectivity index is 1.56. The van der Waals surface area contributed by atoms with Crippen LogP contribution in [0.1, 0.15) is 17.5 Å². The molecule has 0 spiro atoms.